The Bertz CT molecular complexity index is 762. The van der Waals surface area contributed by atoms with E-state index in [2.05, 4.69) is 10.1 Å². The highest BCUT2D eigenvalue weighted by atomic mass is 32.2. The molecule has 110 valence electrons. The van der Waals surface area contributed by atoms with Crippen LogP contribution in [0.25, 0.3) is 0 Å². The summed E-state index contributed by atoms with van der Waals surface area (Å²) < 4.78 is 26.7. The number of rotatable bonds is 5. The van der Waals surface area contributed by atoms with Crippen molar-refractivity contribution in [2.24, 2.45) is 5.84 Å². The van der Waals surface area contributed by atoms with Crippen LogP contribution in [0.1, 0.15) is 0 Å². The van der Waals surface area contributed by atoms with Crippen molar-refractivity contribution in [1.82, 2.24) is 0 Å². The number of hydrazine groups is 1. The van der Waals surface area contributed by atoms with Gasteiger partial charge in [0.1, 0.15) is 5.69 Å². The van der Waals surface area contributed by atoms with Gasteiger partial charge >= 0.3 is 0 Å². The minimum absolute atomic E-state index is 0.0265. The van der Waals surface area contributed by atoms with Crippen molar-refractivity contribution in [3.05, 3.63) is 58.6 Å². The summed E-state index contributed by atoms with van der Waals surface area (Å²) >= 11 is 0. The van der Waals surface area contributed by atoms with Gasteiger partial charge in [-0.1, -0.05) is 18.2 Å². The fraction of sp³-hybridized carbons (Fsp3) is 0. The summed E-state index contributed by atoms with van der Waals surface area (Å²) in [6.07, 6.45) is 0. The number of hydrogen-bond donors (Lipinski definition) is 3. The average molecular weight is 308 g/mol. The van der Waals surface area contributed by atoms with Crippen molar-refractivity contribution in [3.63, 3.8) is 0 Å². The Labute approximate surface area is 120 Å². The predicted molar refractivity (Wildman–Crippen MR) is 78.2 cm³/mol. The first-order chi connectivity index (χ1) is 9.94. The summed E-state index contributed by atoms with van der Waals surface area (Å²) in [5, 5.41) is 10.9. The van der Waals surface area contributed by atoms with Gasteiger partial charge < -0.3 is 5.43 Å². The molecule has 8 nitrogen and oxygen atoms in total. The van der Waals surface area contributed by atoms with Crippen LogP contribution in [0.5, 0.6) is 0 Å². The number of nitrogen functional groups attached to an aromatic ring is 1. The van der Waals surface area contributed by atoms with Crippen LogP contribution in [-0.4, -0.2) is 13.3 Å². The number of hydrogen-bond acceptors (Lipinski definition) is 6. The Morgan fingerprint density at radius 1 is 1.10 bits per heavy atom. The average Bonchev–Trinajstić information content (AvgIpc) is 2.47. The lowest BCUT2D eigenvalue weighted by molar-refractivity contribution is -0.384. The summed E-state index contributed by atoms with van der Waals surface area (Å²) in [5.74, 6) is 5.15. The number of nitrogens with one attached hydrogen (secondary N) is 2. The van der Waals surface area contributed by atoms with E-state index in [9.17, 15) is 18.5 Å². The maximum atomic E-state index is 12.2. The third-order valence-corrected chi connectivity index (χ3v) is 4.04. The van der Waals surface area contributed by atoms with E-state index in [-0.39, 0.29) is 10.6 Å². The Balaban J connectivity index is 2.41. The van der Waals surface area contributed by atoms with Crippen molar-refractivity contribution in [2.45, 2.75) is 4.90 Å². The largest absolute Gasteiger partial charge is 0.318 e. The van der Waals surface area contributed by atoms with Crippen molar-refractivity contribution in [3.8, 4) is 0 Å². The monoisotopic (exact) mass is 308 g/mol. The smallest absolute Gasteiger partial charge is 0.295 e. The lowest BCUT2D eigenvalue weighted by Crippen LogP contribution is -2.14. The van der Waals surface area contributed by atoms with Crippen molar-refractivity contribution < 1.29 is 13.3 Å². The second kappa shape index (κ2) is 5.77. The van der Waals surface area contributed by atoms with E-state index in [1.165, 1.54) is 12.1 Å². The molecule has 0 saturated carbocycles. The Morgan fingerprint density at radius 3 is 2.33 bits per heavy atom. The second-order valence-corrected chi connectivity index (χ2v) is 5.73. The van der Waals surface area contributed by atoms with Gasteiger partial charge in [0.25, 0.3) is 15.7 Å². The molecular formula is C12H12N4O4S. The molecule has 2 aromatic carbocycles. The Kier molecular flexibility index (Phi) is 4.05. The number of para-hydroxylation sites is 1. The lowest BCUT2D eigenvalue weighted by atomic mass is 10.3. The summed E-state index contributed by atoms with van der Waals surface area (Å²) in [7, 11) is -3.92. The first-order valence-corrected chi connectivity index (χ1v) is 7.25. The Morgan fingerprint density at radius 2 is 1.76 bits per heavy atom. The Hall–Kier alpha value is -2.65. The van der Waals surface area contributed by atoms with Crippen LogP contribution in [-0.2, 0) is 10.0 Å². The van der Waals surface area contributed by atoms with Gasteiger partial charge in [-0.05, 0) is 24.3 Å². The normalized spacial score (nSPS) is 10.9. The van der Waals surface area contributed by atoms with Crippen LogP contribution in [0.4, 0.5) is 17.1 Å². The van der Waals surface area contributed by atoms with E-state index in [1.54, 1.807) is 30.3 Å². The molecule has 0 amide bonds. The molecule has 0 heterocycles. The van der Waals surface area contributed by atoms with Gasteiger partial charge in [-0.15, -0.1) is 0 Å². The molecule has 0 bridgehead atoms. The van der Waals surface area contributed by atoms with Crippen LogP contribution in [0.3, 0.4) is 0 Å². The molecule has 0 unspecified atom stereocenters. The van der Waals surface area contributed by atoms with Gasteiger partial charge in [0.05, 0.1) is 9.82 Å². The molecular weight excluding hydrogens is 296 g/mol. The summed E-state index contributed by atoms with van der Waals surface area (Å²) in [6.45, 7) is 0. The van der Waals surface area contributed by atoms with Gasteiger partial charge in [0.15, 0.2) is 0 Å². The minimum Gasteiger partial charge on any atom is -0.318 e. The van der Waals surface area contributed by atoms with Crippen LogP contribution in [0.2, 0.25) is 0 Å². The number of anilines is 2. The van der Waals surface area contributed by atoms with E-state index in [4.69, 9.17) is 5.84 Å². The number of nitrogens with zero attached hydrogens (tertiary/aromatic N) is 1. The van der Waals surface area contributed by atoms with Crippen LogP contribution < -0.4 is 16.0 Å². The molecule has 0 spiro atoms. The van der Waals surface area contributed by atoms with Crippen molar-refractivity contribution >= 4 is 27.1 Å². The van der Waals surface area contributed by atoms with E-state index >= 15 is 0 Å². The molecule has 0 atom stereocenters. The number of benzene rings is 2. The van der Waals surface area contributed by atoms with E-state index < -0.39 is 20.6 Å². The number of sulfonamides is 1. The summed E-state index contributed by atoms with van der Waals surface area (Å²) in [6, 6.07) is 11.6. The molecule has 2 aromatic rings. The molecule has 0 aromatic heterocycles. The molecule has 0 aliphatic heterocycles. The highest BCUT2D eigenvalue weighted by Gasteiger charge is 2.21. The van der Waals surface area contributed by atoms with Gasteiger partial charge in [0, 0.05) is 11.8 Å². The van der Waals surface area contributed by atoms with E-state index in [1.807, 2.05) is 0 Å². The van der Waals surface area contributed by atoms with E-state index in [0.717, 1.165) is 6.07 Å². The van der Waals surface area contributed by atoms with Crippen LogP contribution in [0, 0.1) is 10.1 Å². The topological polar surface area (TPSA) is 127 Å². The third kappa shape index (κ3) is 3.27. The summed E-state index contributed by atoms with van der Waals surface area (Å²) in [5.41, 5.74) is 2.11. The molecule has 2 rings (SSSR count). The highest BCUT2D eigenvalue weighted by Crippen LogP contribution is 2.27. The SMILES string of the molecule is NNc1ccc(S(=O)(=O)Nc2ccccc2)cc1[N+](=O)[O-]. The standard InChI is InChI=1S/C12H12N4O4S/c13-14-11-7-6-10(8-12(11)16(17)18)21(19,20)15-9-4-2-1-3-5-9/h1-8,14-15H,13H2. The number of nitro benzene ring substituents is 1. The zero-order valence-electron chi connectivity index (χ0n) is 10.7. The number of nitrogens with two attached hydrogens (primary N) is 1. The van der Waals surface area contributed by atoms with Crippen molar-refractivity contribution in [1.29, 1.82) is 0 Å². The highest BCUT2D eigenvalue weighted by molar-refractivity contribution is 7.92. The number of nitro groups is 1. The lowest BCUT2D eigenvalue weighted by Gasteiger charge is -2.09. The van der Waals surface area contributed by atoms with Gasteiger partial charge in [0.2, 0.25) is 0 Å². The van der Waals surface area contributed by atoms with Gasteiger partial charge in [-0.2, -0.15) is 0 Å². The zero-order chi connectivity index (χ0) is 15.5. The molecule has 0 saturated heterocycles. The maximum absolute atomic E-state index is 12.2. The quantitative estimate of drug-likeness (QED) is 0.438. The third-order valence-electron chi connectivity index (χ3n) is 2.66. The molecule has 9 heteroatoms. The van der Waals surface area contributed by atoms with Crippen LogP contribution >= 0.6 is 0 Å². The van der Waals surface area contributed by atoms with E-state index in [0.29, 0.717) is 5.69 Å². The fourth-order valence-electron chi connectivity index (χ4n) is 1.67. The van der Waals surface area contributed by atoms with Crippen molar-refractivity contribution in [2.75, 3.05) is 10.1 Å². The van der Waals surface area contributed by atoms with Gasteiger partial charge in [-0.25, -0.2) is 8.42 Å². The summed E-state index contributed by atoms with van der Waals surface area (Å²) in [4.78, 5) is 9.98. The molecule has 0 radical (unpaired) electrons. The molecule has 21 heavy (non-hydrogen) atoms. The molecule has 0 aliphatic carbocycles. The zero-order valence-corrected chi connectivity index (χ0v) is 11.5. The van der Waals surface area contributed by atoms with Gasteiger partial charge in [-0.3, -0.25) is 20.7 Å². The maximum Gasteiger partial charge on any atom is 0.295 e. The first-order valence-electron chi connectivity index (χ1n) is 5.77. The minimum atomic E-state index is -3.92. The molecule has 0 aliphatic rings. The molecule has 0 fully saturated rings. The predicted octanol–water partition coefficient (Wildman–Crippen LogP) is 1.68. The fourth-order valence-corrected chi connectivity index (χ4v) is 2.75. The van der Waals surface area contributed by atoms with Crippen LogP contribution in [0.15, 0.2) is 53.4 Å². The molecule has 4 N–H and O–H groups in total. The first kappa shape index (κ1) is 14.8. The second-order valence-electron chi connectivity index (χ2n) is 4.05.